The van der Waals surface area contributed by atoms with Crippen molar-refractivity contribution in [1.29, 1.82) is 0 Å². The predicted molar refractivity (Wildman–Crippen MR) is 86.6 cm³/mol. The van der Waals surface area contributed by atoms with Gasteiger partial charge in [-0.25, -0.2) is 0 Å². The van der Waals surface area contributed by atoms with E-state index < -0.39 is 11.7 Å². The first-order valence-electron chi connectivity index (χ1n) is 6.18. The number of hydrogen-bond acceptors (Lipinski definition) is 1. The number of alkyl halides is 3. The van der Waals surface area contributed by atoms with Gasteiger partial charge < -0.3 is 28.7 Å². The molecular formula is C16H16F3I2KO. The van der Waals surface area contributed by atoms with Crippen LogP contribution in [0.3, 0.4) is 0 Å². The number of rotatable bonds is 1. The molecule has 0 aliphatic carbocycles. The van der Waals surface area contributed by atoms with Crippen LogP contribution < -0.4 is 80.1 Å². The van der Waals surface area contributed by atoms with Gasteiger partial charge in [-0.05, 0) is 77.9 Å². The smallest absolute Gasteiger partial charge is 1.00 e. The minimum atomic E-state index is -4.30. The Labute approximate surface area is 208 Å². The number of benzene rings is 2. The number of ether oxygens (including phenoxy) is 1. The molecule has 0 saturated carbocycles. The Morgan fingerprint density at radius 3 is 2.00 bits per heavy atom. The minimum Gasteiger partial charge on any atom is -1.00 e. The van der Waals surface area contributed by atoms with Gasteiger partial charge in [-0.2, -0.15) is 13.2 Å². The Bertz CT molecular complexity index is 604. The van der Waals surface area contributed by atoms with E-state index in [2.05, 4.69) is 59.4 Å². The molecule has 122 valence electrons. The van der Waals surface area contributed by atoms with Crippen LogP contribution in [0.1, 0.15) is 16.7 Å². The van der Waals surface area contributed by atoms with Crippen LogP contribution in [0, 0.1) is 17.4 Å². The van der Waals surface area contributed by atoms with Crippen molar-refractivity contribution in [3.8, 4) is 5.75 Å². The molecule has 23 heavy (non-hydrogen) atoms. The Kier molecular flexibility index (Phi) is 14.3. The van der Waals surface area contributed by atoms with Crippen molar-refractivity contribution >= 4 is 22.6 Å². The van der Waals surface area contributed by atoms with E-state index in [0.29, 0.717) is 0 Å². The van der Waals surface area contributed by atoms with E-state index in [1.54, 1.807) is 0 Å². The average Bonchev–Trinajstić information content (AvgIpc) is 2.43. The van der Waals surface area contributed by atoms with Crippen molar-refractivity contribution in [2.45, 2.75) is 20.0 Å². The first kappa shape index (κ1) is 26.4. The summed E-state index contributed by atoms with van der Waals surface area (Å²) in [5.74, 6) is 0.213. The van der Waals surface area contributed by atoms with Crippen LogP contribution in [-0.2, 0) is 6.18 Å². The molecule has 0 radical (unpaired) electrons. The maximum Gasteiger partial charge on any atom is 1.00 e. The fraction of sp³-hybridized carbons (Fsp3) is 0.250. The summed E-state index contributed by atoms with van der Waals surface area (Å²) in [6, 6.07) is 11.2. The minimum absolute atomic E-state index is 0. The van der Waals surface area contributed by atoms with Crippen molar-refractivity contribution in [3.05, 3.63) is 62.7 Å². The van der Waals surface area contributed by atoms with Crippen molar-refractivity contribution in [2.75, 3.05) is 7.11 Å². The van der Waals surface area contributed by atoms with Crippen LogP contribution in [0.2, 0.25) is 0 Å². The molecule has 7 heteroatoms. The summed E-state index contributed by atoms with van der Waals surface area (Å²) in [5, 5.41) is 0. The van der Waals surface area contributed by atoms with Crippen molar-refractivity contribution in [3.63, 3.8) is 0 Å². The van der Waals surface area contributed by atoms with E-state index in [1.807, 2.05) is 0 Å². The third kappa shape index (κ3) is 10.0. The summed E-state index contributed by atoms with van der Waals surface area (Å²) < 4.78 is 42.1. The maximum absolute atomic E-state index is 12.0. The fourth-order valence-corrected chi connectivity index (χ4v) is 2.15. The van der Waals surface area contributed by atoms with Crippen LogP contribution in [0.5, 0.6) is 5.75 Å². The summed E-state index contributed by atoms with van der Waals surface area (Å²) in [5.41, 5.74) is 2.05. The van der Waals surface area contributed by atoms with Gasteiger partial charge in [-0.3, -0.25) is 0 Å². The molecule has 0 N–H and O–H groups in total. The molecule has 0 bridgehead atoms. The maximum atomic E-state index is 12.0. The first-order chi connectivity index (χ1) is 9.74. The quantitative estimate of drug-likeness (QED) is 0.334. The number of halogens is 5. The van der Waals surface area contributed by atoms with Crippen molar-refractivity contribution in [2.24, 2.45) is 0 Å². The van der Waals surface area contributed by atoms with Gasteiger partial charge in [0, 0.05) is 3.57 Å². The van der Waals surface area contributed by atoms with E-state index in [9.17, 15) is 13.2 Å². The second-order valence-electron chi connectivity index (χ2n) is 4.46. The molecule has 2 aromatic rings. The summed E-state index contributed by atoms with van der Waals surface area (Å²) in [7, 11) is 1.33. The van der Waals surface area contributed by atoms with Gasteiger partial charge in [0.05, 0.1) is 12.7 Å². The third-order valence-electron chi connectivity index (χ3n) is 2.87. The SMILES string of the molecule is COc1cccc(C(F)(F)F)c1.Cc1ccc(I)cc1C.[I-].[K+]. The average molecular weight is 574 g/mol. The van der Waals surface area contributed by atoms with E-state index in [1.165, 1.54) is 33.9 Å². The fourth-order valence-electron chi connectivity index (χ4n) is 1.50. The second kappa shape index (κ2) is 12.5. The van der Waals surface area contributed by atoms with Crippen LogP contribution in [-0.4, -0.2) is 7.11 Å². The van der Waals surface area contributed by atoms with Gasteiger partial charge in [-0.15, -0.1) is 0 Å². The molecule has 0 atom stereocenters. The normalized spacial score (nSPS) is 9.70. The van der Waals surface area contributed by atoms with Gasteiger partial charge in [0.2, 0.25) is 0 Å². The molecule has 0 saturated heterocycles. The third-order valence-corrected chi connectivity index (χ3v) is 3.54. The molecule has 0 heterocycles. The summed E-state index contributed by atoms with van der Waals surface area (Å²) in [6.45, 7) is 4.27. The Hall–Kier alpha value is 1.13. The summed E-state index contributed by atoms with van der Waals surface area (Å²) in [4.78, 5) is 0. The van der Waals surface area contributed by atoms with Crippen LogP contribution in [0.25, 0.3) is 0 Å². The first-order valence-corrected chi connectivity index (χ1v) is 7.26. The van der Waals surface area contributed by atoms with E-state index in [0.717, 1.165) is 12.1 Å². The van der Waals surface area contributed by atoms with Crippen LogP contribution >= 0.6 is 22.6 Å². The van der Waals surface area contributed by atoms with Gasteiger partial charge in [0.1, 0.15) is 5.75 Å². The Morgan fingerprint density at radius 2 is 1.57 bits per heavy atom. The Balaban J connectivity index is 0. The molecule has 2 aromatic carbocycles. The molecule has 0 aliphatic rings. The monoisotopic (exact) mass is 574 g/mol. The molecule has 0 unspecified atom stereocenters. The molecule has 0 amide bonds. The zero-order valence-corrected chi connectivity index (χ0v) is 20.8. The number of methoxy groups -OCH3 is 1. The van der Waals surface area contributed by atoms with Crippen molar-refractivity contribution in [1.82, 2.24) is 0 Å². The second-order valence-corrected chi connectivity index (χ2v) is 5.70. The van der Waals surface area contributed by atoms with Gasteiger partial charge >= 0.3 is 57.6 Å². The summed E-state index contributed by atoms with van der Waals surface area (Å²) >= 11 is 2.32. The topological polar surface area (TPSA) is 9.23 Å². The summed E-state index contributed by atoms with van der Waals surface area (Å²) in [6.07, 6.45) is -4.30. The van der Waals surface area contributed by atoms with Crippen LogP contribution in [0.15, 0.2) is 42.5 Å². The molecule has 1 nitrogen and oxygen atoms in total. The molecule has 0 aromatic heterocycles. The van der Waals surface area contributed by atoms with E-state index >= 15 is 0 Å². The molecule has 0 fully saturated rings. The predicted octanol–water partition coefficient (Wildman–Crippen LogP) is -0.370. The Morgan fingerprint density at radius 1 is 0.957 bits per heavy atom. The molecule has 0 spiro atoms. The zero-order chi connectivity index (χ0) is 16.0. The van der Waals surface area contributed by atoms with E-state index in [-0.39, 0.29) is 81.1 Å². The largest absolute Gasteiger partial charge is 1.00 e. The zero-order valence-electron chi connectivity index (χ0n) is 13.3. The van der Waals surface area contributed by atoms with Crippen LogP contribution in [0.4, 0.5) is 13.2 Å². The number of hydrogen-bond donors (Lipinski definition) is 0. The van der Waals surface area contributed by atoms with E-state index in [4.69, 9.17) is 0 Å². The van der Waals surface area contributed by atoms with Gasteiger partial charge in [-0.1, -0.05) is 12.1 Å². The molecule has 2 rings (SSSR count). The standard InChI is InChI=1S/C8H7F3O.C8H9I.HI.K/c1-12-7-4-2-3-6(5-7)8(9,10)11;1-6-3-4-8(9)5-7(6)2;;/h2-5H,1H3;3-5H,1-2H3;1H;/q;;;+1/p-1. The molecule has 0 aliphatic heterocycles. The number of aryl methyl sites for hydroxylation is 2. The van der Waals surface area contributed by atoms with Gasteiger partial charge in [0.15, 0.2) is 0 Å². The molecular weight excluding hydrogens is 558 g/mol. The van der Waals surface area contributed by atoms with Crippen molar-refractivity contribution < 1.29 is 93.3 Å². The van der Waals surface area contributed by atoms with Gasteiger partial charge in [0.25, 0.3) is 0 Å².